The number of aryl methyl sites for hydroxylation is 1. The summed E-state index contributed by atoms with van der Waals surface area (Å²) in [6, 6.07) is 5.92. The minimum Gasteiger partial charge on any atom is -0.339 e. The van der Waals surface area contributed by atoms with Crippen LogP contribution in [-0.4, -0.2) is 30.4 Å². The van der Waals surface area contributed by atoms with E-state index in [1.807, 2.05) is 39.1 Å². The first-order valence-corrected chi connectivity index (χ1v) is 6.58. The van der Waals surface area contributed by atoms with Gasteiger partial charge in [-0.05, 0) is 38.0 Å². The largest absolute Gasteiger partial charge is 0.339 e. The number of hydrogen-bond acceptors (Lipinski definition) is 2. The van der Waals surface area contributed by atoms with Gasteiger partial charge >= 0.3 is 0 Å². The molecule has 19 heavy (non-hydrogen) atoms. The highest BCUT2D eigenvalue weighted by atomic mass is 16.2. The minimum atomic E-state index is 0.0447. The molecular formula is C16H22N2O. The zero-order chi connectivity index (χ0) is 14.4. The van der Waals surface area contributed by atoms with Crippen LogP contribution >= 0.6 is 0 Å². The molecule has 1 aromatic rings. The molecule has 1 amide bonds. The summed E-state index contributed by atoms with van der Waals surface area (Å²) < 4.78 is 0. The lowest BCUT2D eigenvalue weighted by Gasteiger charge is -2.24. The van der Waals surface area contributed by atoms with Crippen LogP contribution in [0.25, 0.3) is 0 Å². The monoisotopic (exact) mass is 258 g/mol. The molecule has 102 valence electrons. The van der Waals surface area contributed by atoms with E-state index < -0.39 is 0 Å². The zero-order valence-corrected chi connectivity index (χ0v) is 12.2. The molecule has 0 radical (unpaired) electrons. The number of amides is 1. The van der Waals surface area contributed by atoms with Gasteiger partial charge in [-0.15, -0.1) is 0 Å². The molecule has 1 unspecified atom stereocenters. The number of nitrogens with two attached hydrogens (primary N) is 1. The van der Waals surface area contributed by atoms with Gasteiger partial charge in [-0.1, -0.05) is 24.8 Å². The van der Waals surface area contributed by atoms with E-state index in [4.69, 9.17) is 5.73 Å². The predicted octanol–water partition coefficient (Wildman–Crippen LogP) is 2.18. The van der Waals surface area contributed by atoms with Gasteiger partial charge in [0.15, 0.2) is 0 Å². The SMILES string of the molecule is CCC(C)N(C)C(=O)c1cc(C#CCN)ccc1C. The summed E-state index contributed by atoms with van der Waals surface area (Å²) >= 11 is 0. The lowest BCUT2D eigenvalue weighted by molar-refractivity contribution is 0.0740. The molecule has 0 saturated heterocycles. The van der Waals surface area contributed by atoms with Crippen molar-refractivity contribution >= 4 is 5.91 Å². The molecule has 0 saturated carbocycles. The maximum Gasteiger partial charge on any atom is 0.254 e. The van der Waals surface area contributed by atoms with Gasteiger partial charge in [0.05, 0.1) is 6.54 Å². The van der Waals surface area contributed by atoms with Crippen molar-refractivity contribution in [1.29, 1.82) is 0 Å². The number of nitrogens with zero attached hydrogens (tertiary/aromatic N) is 1. The van der Waals surface area contributed by atoms with Crippen molar-refractivity contribution in [3.05, 3.63) is 34.9 Å². The summed E-state index contributed by atoms with van der Waals surface area (Å²) in [7, 11) is 1.84. The number of hydrogen-bond donors (Lipinski definition) is 1. The third-order valence-electron chi connectivity index (χ3n) is 3.38. The second-order valence-electron chi connectivity index (χ2n) is 4.71. The molecule has 0 aliphatic carbocycles. The third-order valence-corrected chi connectivity index (χ3v) is 3.38. The third kappa shape index (κ3) is 3.84. The summed E-state index contributed by atoms with van der Waals surface area (Å²) in [6.07, 6.45) is 0.938. The topological polar surface area (TPSA) is 46.3 Å². The average molecular weight is 258 g/mol. The van der Waals surface area contributed by atoms with E-state index in [0.717, 1.165) is 17.5 Å². The Morgan fingerprint density at radius 1 is 1.47 bits per heavy atom. The Hall–Kier alpha value is -1.79. The van der Waals surface area contributed by atoms with Crippen LogP contribution in [0, 0.1) is 18.8 Å². The smallest absolute Gasteiger partial charge is 0.254 e. The Bertz CT molecular complexity index is 511. The van der Waals surface area contributed by atoms with E-state index in [1.54, 1.807) is 4.90 Å². The first-order valence-electron chi connectivity index (χ1n) is 6.58. The first-order chi connectivity index (χ1) is 9.01. The summed E-state index contributed by atoms with van der Waals surface area (Å²) in [6.45, 7) is 6.39. The van der Waals surface area contributed by atoms with Crippen molar-refractivity contribution in [2.75, 3.05) is 13.6 Å². The molecule has 0 aromatic heterocycles. The number of benzene rings is 1. The average Bonchev–Trinajstić information content (AvgIpc) is 2.43. The molecule has 2 N–H and O–H groups in total. The number of carbonyl (C=O) groups excluding carboxylic acids is 1. The Balaban J connectivity index is 3.08. The van der Waals surface area contributed by atoms with Gasteiger partial charge in [0.25, 0.3) is 5.91 Å². The van der Waals surface area contributed by atoms with Crippen molar-refractivity contribution in [1.82, 2.24) is 4.90 Å². The molecule has 0 bridgehead atoms. The fourth-order valence-corrected chi connectivity index (χ4v) is 1.75. The standard InChI is InChI=1S/C16H22N2O/c1-5-13(3)18(4)16(19)15-11-14(7-6-10-17)9-8-12(15)2/h8-9,11,13H,5,10,17H2,1-4H3. The lowest BCUT2D eigenvalue weighted by Crippen LogP contribution is -2.35. The van der Waals surface area contributed by atoms with Crippen LogP contribution < -0.4 is 5.73 Å². The fourth-order valence-electron chi connectivity index (χ4n) is 1.75. The van der Waals surface area contributed by atoms with Gasteiger partial charge in [0, 0.05) is 24.2 Å². The first kappa shape index (κ1) is 15.3. The van der Waals surface area contributed by atoms with Crippen LogP contribution in [0.15, 0.2) is 18.2 Å². The minimum absolute atomic E-state index is 0.0447. The summed E-state index contributed by atoms with van der Waals surface area (Å²) in [4.78, 5) is 14.2. The van der Waals surface area contributed by atoms with Crippen molar-refractivity contribution in [3.63, 3.8) is 0 Å². The van der Waals surface area contributed by atoms with Crippen molar-refractivity contribution in [2.24, 2.45) is 5.73 Å². The van der Waals surface area contributed by atoms with Gasteiger partial charge in [-0.25, -0.2) is 0 Å². The second-order valence-corrected chi connectivity index (χ2v) is 4.71. The lowest BCUT2D eigenvalue weighted by atomic mass is 10.0. The van der Waals surface area contributed by atoms with Gasteiger partial charge in [0.2, 0.25) is 0 Å². The van der Waals surface area contributed by atoms with E-state index in [0.29, 0.717) is 12.1 Å². The van der Waals surface area contributed by atoms with Crippen molar-refractivity contribution < 1.29 is 4.79 Å². The van der Waals surface area contributed by atoms with Crippen LogP contribution in [-0.2, 0) is 0 Å². The molecule has 1 aromatic carbocycles. The molecule has 0 aliphatic heterocycles. The van der Waals surface area contributed by atoms with Crippen LogP contribution in [0.5, 0.6) is 0 Å². The van der Waals surface area contributed by atoms with Gasteiger partial charge in [-0.2, -0.15) is 0 Å². The molecule has 1 atom stereocenters. The Labute approximate surface area is 115 Å². The zero-order valence-electron chi connectivity index (χ0n) is 12.2. The maximum absolute atomic E-state index is 12.4. The molecule has 1 rings (SSSR count). The maximum atomic E-state index is 12.4. The molecule has 0 heterocycles. The fraction of sp³-hybridized carbons (Fsp3) is 0.438. The molecular weight excluding hydrogens is 236 g/mol. The predicted molar refractivity (Wildman–Crippen MR) is 79.0 cm³/mol. The molecule has 0 spiro atoms. The molecule has 0 fully saturated rings. The van der Waals surface area contributed by atoms with Gasteiger partial charge in [-0.3, -0.25) is 4.79 Å². The number of carbonyl (C=O) groups is 1. The normalized spacial score (nSPS) is 11.4. The van der Waals surface area contributed by atoms with Gasteiger partial charge in [0.1, 0.15) is 0 Å². The Morgan fingerprint density at radius 2 is 2.16 bits per heavy atom. The second kappa shape index (κ2) is 6.96. The Kier molecular flexibility index (Phi) is 5.59. The van der Waals surface area contributed by atoms with E-state index in [-0.39, 0.29) is 11.9 Å². The van der Waals surface area contributed by atoms with Crippen molar-refractivity contribution in [2.45, 2.75) is 33.2 Å². The summed E-state index contributed by atoms with van der Waals surface area (Å²) in [5.74, 6) is 5.81. The van der Waals surface area contributed by atoms with E-state index >= 15 is 0 Å². The highest BCUT2D eigenvalue weighted by Crippen LogP contribution is 2.15. The highest BCUT2D eigenvalue weighted by Gasteiger charge is 2.18. The summed E-state index contributed by atoms with van der Waals surface area (Å²) in [5, 5.41) is 0. The number of rotatable bonds is 3. The van der Waals surface area contributed by atoms with Crippen LogP contribution in [0.2, 0.25) is 0 Å². The van der Waals surface area contributed by atoms with Crippen LogP contribution in [0.3, 0.4) is 0 Å². The van der Waals surface area contributed by atoms with E-state index in [2.05, 4.69) is 18.8 Å². The molecule has 3 nitrogen and oxygen atoms in total. The quantitative estimate of drug-likeness (QED) is 0.845. The highest BCUT2D eigenvalue weighted by molar-refractivity contribution is 5.96. The van der Waals surface area contributed by atoms with Crippen LogP contribution in [0.1, 0.15) is 41.8 Å². The van der Waals surface area contributed by atoms with E-state index in [9.17, 15) is 4.79 Å². The Morgan fingerprint density at radius 3 is 2.74 bits per heavy atom. The van der Waals surface area contributed by atoms with Gasteiger partial charge < -0.3 is 10.6 Å². The van der Waals surface area contributed by atoms with Crippen molar-refractivity contribution in [3.8, 4) is 11.8 Å². The molecule has 3 heteroatoms. The van der Waals surface area contributed by atoms with Crippen LogP contribution in [0.4, 0.5) is 0 Å². The molecule has 0 aliphatic rings. The van der Waals surface area contributed by atoms with E-state index in [1.165, 1.54) is 0 Å². The summed E-state index contributed by atoms with van der Waals surface area (Å²) in [5.41, 5.74) is 7.88.